The number of nitrogens with one attached hydrogen (secondary N) is 2. The molecule has 29 heavy (non-hydrogen) atoms. The molecule has 0 radical (unpaired) electrons. The van der Waals surface area contributed by atoms with Gasteiger partial charge in [-0.1, -0.05) is 0 Å². The lowest BCUT2D eigenvalue weighted by Crippen LogP contribution is -2.32. The van der Waals surface area contributed by atoms with Crippen LogP contribution in [0.25, 0.3) is 0 Å². The predicted molar refractivity (Wildman–Crippen MR) is 98.3 cm³/mol. The summed E-state index contributed by atoms with van der Waals surface area (Å²) in [6, 6.07) is 2.59. The van der Waals surface area contributed by atoms with E-state index in [1.807, 2.05) is 0 Å². The Hall–Kier alpha value is -2.86. The number of hydrogen-bond donors (Lipinski definition) is 2. The van der Waals surface area contributed by atoms with E-state index in [0.29, 0.717) is 11.9 Å². The van der Waals surface area contributed by atoms with E-state index in [1.54, 1.807) is 14.0 Å². The Morgan fingerprint density at radius 2 is 2.00 bits per heavy atom. The second kappa shape index (κ2) is 9.09. The molecule has 0 aliphatic carbocycles. The molecule has 1 aromatic carbocycles. The Bertz CT molecular complexity index is 1000. The predicted octanol–water partition coefficient (Wildman–Crippen LogP) is 1.25. The standard InChI is InChI=1S/C17H20F2N4O5S/c1-10(17(25)22-14-5-4-12(18)8-13(14)19)28-16(24)6-7-20-29(26,27)15-9-23(3)11(2)21-15/h4-5,8-10,20H,6-7H2,1-3H3,(H,22,25). The number of ether oxygens (including phenoxy) is 1. The number of esters is 1. The van der Waals surface area contributed by atoms with Crippen LogP contribution in [0.2, 0.25) is 0 Å². The minimum absolute atomic E-state index is 0.181. The molecule has 0 bridgehead atoms. The molecule has 158 valence electrons. The number of carbonyl (C=O) groups is 2. The average Bonchev–Trinajstić information content (AvgIpc) is 2.97. The summed E-state index contributed by atoms with van der Waals surface area (Å²) in [5.74, 6) is -2.94. The normalized spacial score (nSPS) is 12.4. The highest BCUT2D eigenvalue weighted by Gasteiger charge is 2.21. The maximum absolute atomic E-state index is 13.5. The molecule has 1 amide bonds. The van der Waals surface area contributed by atoms with Gasteiger partial charge in [-0.05, 0) is 26.0 Å². The van der Waals surface area contributed by atoms with Gasteiger partial charge >= 0.3 is 5.97 Å². The van der Waals surface area contributed by atoms with Gasteiger partial charge in [0.1, 0.15) is 17.5 Å². The van der Waals surface area contributed by atoms with Crippen LogP contribution in [0.4, 0.5) is 14.5 Å². The van der Waals surface area contributed by atoms with Gasteiger partial charge in [0.05, 0.1) is 12.1 Å². The Morgan fingerprint density at radius 1 is 1.31 bits per heavy atom. The van der Waals surface area contributed by atoms with E-state index in [1.165, 1.54) is 17.7 Å². The second-order valence-electron chi connectivity index (χ2n) is 6.13. The molecular weight excluding hydrogens is 410 g/mol. The van der Waals surface area contributed by atoms with E-state index >= 15 is 0 Å². The largest absolute Gasteiger partial charge is 0.452 e. The Balaban J connectivity index is 1.82. The van der Waals surface area contributed by atoms with Gasteiger partial charge in [-0.2, -0.15) is 0 Å². The number of amides is 1. The SMILES string of the molecule is Cc1nc(S(=O)(=O)NCCC(=O)OC(C)C(=O)Nc2ccc(F)cc2F)cn1C. The van der Waals surface area contributed by atoms with E-state index in [4.69, 9.17) is 4.74 Å². The number of benzene rings is 1. The fourth-order valence-electron chi connectivity index (χ4n) is 2.15. The van der Waals surface area contributed by atoms with Crippen LogP contribution >= 0.6 is 0 Å². The molecule has 0 aliphatic heterocycles. The summed E-state index contributed by atoms with van der Waals surface area (Å²) in [5.41, 5.74) is -0.266. The quantitative estimate of drug-likeness (QED) is 0.609. The van der Waals surface area contributed by atoms with Crippen LogP contribution in [0.3, 0.4) is 0 Å². The first-order chi connectivity index (χ1) is 13.5. The molecule has 2 aromatic rings. The molecule has 1 atom stereocenters. The van der Waals surface area contributed by atoms with E-state index in [9.17, 15) is 26.8 Å². The number of aryl methyl sites for hydroxylation is 2. The molecule has 0 saturated carbocycles. The molecular formula is C17H20F2N4O5S. The molecule has 1 heterocycles. The fourth-order valence-corrected chi connectivity index (χ4v) is 3.22. The molecule has 0 fully saturated rings. The number of anilines is 1. The number of aromatic nitrogens is 2. The van der Waals surface area contributed by atoms with E-state index < -0.39 is 39.6 Å². The molecule has 2 N–H and O–H groups in total. The zero-order chi connectivity index (χ0) is 21.8. The van der Waals surface area contributed by atoms with E-state index in [0.717, 1.165) is 12.1 Å². The number of hydrogen-bond acceptors (Lipinski definition) is 6. The second-order valence-corrected chi connectivity index (χ2v) is 7.84. The minimum Gasteiger partial charge on any atom is -0.452 e. The molecule has 1 unspecified atom stereocenters. The van der Waals surface area contributed by atoms with Crippen LogP contribution in [-0.4, -0.2) is 42.5 Å². The van der Waals surface area contributed by atoms with Crippen LogP contribution < -0.4 is 10.0 Å². The van der Waals surface area contributed by atoms with Crippen LogP contribution in [-0.2, 0) is 31.4 Å². The van der Waals surface area contributed by atoms with Crippen LogP contribution in [0.15, 0.2) is 29.4 Å². The van der Waals surface area contributed by atoms with Crippen molar-refractivity contribution in [1.82, 2.24) is 14.3 Å². The van der Waals surface area contributed by atoms with Crippen molar-refractivity contribution in [3.8, 4) is 0 Å². The van der Waals surface area contributed by atoms with Crippen molar-refractivity contribution in [3.05, 3.63) is 41.9 Å². The smallest absolute Gasteiger partial charge is 0.307 e. The van der Waals surface area contributed by atoms with E-state index in [2.05, 4.69) is 15.0 Å². The summed E-state index contributed by atoms with van der Waals surface area (Å²) in [5, 5.41) is 1.99. The van der Waals surface area contributed by atoms with Gasteiger partial charge < -0.3 is 14.6 Å². The van der Waals surface area contributed by atoms with Gasteiger partial charge in [0.2, 0.25) is 0 Å². The van der Waals surface area contributed by atoms with Crippen molar-refractivity contribution in [2.75, 3.05) is 11.9 Å². The topological polar surface area (TPSA) is 119 Å². The highest BCUT2D eigenvalue weighted by Crippen LogP contribution is 2.15. The van der Waals surface area contributed by atoms with Crippen molar-refractivity contribution in [1.29, 1.82) is 0 Å². The summed E-state index contributed by atoms with van der Waals surface area (Å²) in [7, 11) is -2.25. The first-order valence-corrected chi connectivity index (χ1v) is 9.93. The van der Waals surface area contributed by atoms with Gasteiger partial charge in [0.25, 0.3) is 15.9 Å². The maximum atomic E-state index is 13.5. The summed E-state index contributed by atoms with van der Waals surface area (Å²) in [6.45, 7) is 2.63. The molecule has 9 nitrogen and oxygen atoms in total. The lowest BCUT2D eigenvalue weighted by atomic mass is 10.2. The highest BCUT2D eigenvalue weighted by atomic mass is 32.2. The number of carbonyl (C=O) groups excluding carboxylic acids is 2. The summed E-state index contributed by atoms with van der Waals surface area (Å²) >= 11 is 0. The van der Waals surface area contributed by atoms with Crippen molar-refractivity contribution in [2.45, 2.75) is 31.4 Å². The third-order valence-electron chi connectivity index (χ3n) is 3.85. The number of nitrogens with zero attached hydrogens (tertiary/aromatic N) is 2. The summed E-state index contributed by atoms with van der Waals surface area (Å²) < 4.78 is 59.3. The first-order valence-electron chi connectivity index (χ1n) is 8.44. The van der Waals surface area contributed by atoms with Gasteiger partial charge in [0.15, 0.2) is 11.1 Å². The molecule has 0 aliphatic rings. The molecule has 1 aromatic heterocycles. The van der Waals surface area contributed by atoms with Crippen LogP contribution in [0.1, 0.15) is 19.2 Å². The van der Waals surface area contributed by atoms with E-state index in [-0.39, 0.29) is 23.7 Å². The van der Waals surface area contributed by atoms with Crippen molar-refractivity contribution in [2.24, 2.45) is 7.05 Å². The third kappa shape index (κ3) is 6.06. The number of imidazole rings is 1. The van der Waals surface area contributed by atoms with Gasteiger partial charge in [-0.15, -0.1) is 0 Å². The van der Waals surface area contributed by atoms with Gasteiger partial charge in [0, 0.05) is 25.9 Å². The number of sulfonamides is 1. The number of halogens is 2. The monoisotopic (exact) mass is 430 g/mol. The lowest BCUT2D eigenvalue weighted by Gasteiger charge is -2.14. The van der Waals surface area contributed by atoms with Crippen LogP contribution in [0.5, 0.6) is 0 Å². The van der Waals surface area contributed by atoms with Gasteiger partial charge in [-0.3, -0.25) is 9.59 Å². The highest BCUT2D eigenvalue weighted by molar-refractivity contribution is 7.89. The minimum atomic E-state index is -3.89. The van der Waals surface area contributed by atoms with Crippen LogP contribution in [0, 0.1) is 18.6 Å². The third-order valence-corrected chi connectivity index (χ3v) is 5.18. The zero-order valence-corrected chi connectivity index (χ0v) is 16.7. The lowest BCUT2D eigenvalue weighted by molar-refractivity contribution is -0.152. The van der Waals surface area contributed by atoms with Crippen molar-refractivity contribution >= 4 is 27.6 Å². The molecule has 2 rings (SSSR count). The molecule has 12 heteroatoms. The number of rotatable bonds is 8. The fraction of sp³-hybridized carbons (Fsp3) is 0.353. The Morgan fingerprint density at radius 3 is 2.59 bits per heavy atom. The van der Waals surface area contributed by atoms with Crippen molar-refractivity contribution < 1.29 is 31.5 Å². The Labute approximate surface area is 166 Å². The Kier molecular flexibility index (Phi) is 7.03. The first kappa shape index (κ1) is 22.4. The van der Waals surface area contributed by atoms with Gasteiger partial charge in [-0.25, -0.2) is 26.9 Å². The summed E-state index contributed by atoms with van der Waals surface area (Å²) in [6.07, 6.45) is -0.285. The van der Waals surface area contributed by atoms with Crippen molar-refractivity contribution in [3.63, 3.8) is 0 Å². The molecule has 0 saturated heterocycles. The average molecular weight is 430 g/mol. The molecule has 0 spiro atoms. The maximum Gasteiger partial charge on any atom is 0.307 e. The zero-order valence-electron chi connectivity index (χ0n) is 15.9. The summed E-state index contributed by atoms with van der Waals surface area (Å²) in [4.78, 5) is 27.7.